The number of fused-ring (bicyclic) bond motifs is 1. The number of halogens is 2. The van der Waals surface area contributed by atoms with Crippen molar-refractivity contribution in [2.24, 2.45) is 5.73 Å². The van der Waals surface area contributed by atoms with Gasteiger partial charge in [-0.25, -0.2) is 4.39 Å². The topological polar surface area (TPSA) is 39.2 Å². The highest BCUT2D eigenvalue weighted by Crippen LogP contribution is 2.30. The summed E-state index contributed by atoms with van der Waals surface area (Å²) >= 11 is 3.29. The Kier molecular flexibility index (Phi) is 2.33. The van der Waals surface area contributed by atoms with Gasteiger partial charge in [0.2, 0.25) is 0 Å². The maximum atomic E-state index is 13.3. The predicted molar refractivity (Wildman–Crippen MR) is 56.5 cm³/mol. The maximum absolute atomic E-state index is 13.3. The lowest BCUT2D eigenvalue weighted by Crippen LogP contribution is -2.02. The number of rotatable bonds is 1. The van der Waals surface area contributed by atoms with Gasteiger partial charge in [0.25, 0.3) is 0 Å². The first kappa shape index (κ1) is 9.68. The zero-order valence-corrected chi connectivity index (χ0v) is 9.14. The van der Waals surface area contributed by atoms with Gasteiger partial charge in [-0.1, -0.05) is 0 Å². The number of hydrogen-bond acceptors (Lipinski definition) is 2. The second-order valence-electron chi connectivity index (χ2n) is 3.21. The van der Waals surface area contributed by atoms with Crippen LogP contribution in [-0.4, -0.2) is 0 Å². The molecule has 2 rings (SSSR count). The molecule has 0 aliphatic heterocycles. The summed E-state index contributed by atoms with van der Waals surface area (Å²) in [6, 6.07) is 4.42. The molecule has 1 atom stereocenters. The number of benzene rings is 1. The van der Waals surface area contributed by atoms with Crippen LogP contribution in [0.2, 0.25) is 0 Å². The van der Waals surface area contributed by atoms with Crippen molar-refractivity contribution in [3.63, 3.8) is 0 Å². The molecule has 0 amide bonds. The fourth-order valence-corrected chi connectivity index (χ4v) is 1.73. The van der Waals surface area contributed by atoms with Crippen molar-refractivity contribution >= 4 is 26.9 Å². The van der Waals surface area contributed by atoms with Gasteiger partial charge in [0, 0.05) is 0 Å². The Labute approximate surface area is 89.0 Å². The Hall–Kier alpha value is -0.870. The molecule has 0 aliphatic rings. The molecule has 0 radical (unpaired) electrons. The molecule has 14 heavy (non-hydrogen) atoms. The predicted octanol–water partition coefficient (Wildman–Crippen LogP) is 3.35. The summed E-state index contributed by atoms with van der Waals surface area (Å²) in [5, 5.41) is 0.465. The lowest BCUT2D eigenvalue weighted by molar-refractivity contribution is 0.511. The van der Waals surface area contributed by atoms with Crippen molar-refractivity contribution in [2.75, 3.05) is 0 Å². The summed E-state index contributed by atoms with van der Waals surface area (Å²) in [6.45, 7) is 1.80. The fourth-order valence-electron chi connectivity index (χ4n) is 1.30. The van der Waals surface area contributed by atoms with Gasteiger partial charge in [0.05, 0.1) is 15.9 Å². The van der Waals surface area contributed by atoms with Crippen molar-refractivity contribution in [3.8, 4) is 0 Å². The maximum Gasteiger partial charge on any atom is 0.151 e. The summed E-state index contributed by atoms with van der Waals surface area (Å²) in [5.41, 5.74) is 6.16. The Morgan fingerprint density at radius 2 is 2.21 bits per heavy atom. The summed E-state index contributed by atoms with van der Waals surface area (Å²) < 4.78 is 19.5. The molecule has 2 nitrogen and oxygen atoms in total. The number of nitrogens with two attached hydrogens (primary N) is 1. The van der Waals surface area contributed by atoms with Gasteiger partial charge in [-0.05, 0) is 41.1 Å². The second-order valence-corrected chi connectivity index (χ2v) is 4.06. The van der Waals surface area contributed by atoms with Crippen LogP contribution in [0.5, 0.6) is 0 Å². The molecule has 2 aromatic rings. The summed E-state index contributed by atoms with van der Waals surface area (Å²) in [6.07, 6.45) is 0. The molecule has 1 aromatic heterocycles. The van der Waals surface area contributed by atoms with Gasteiger partial charge in [-0.3, -0.25) is 0 Å². The zero-order valence-electron chi connectivity index (χ0n) is 7.55. The largest absolute Gasteiger partial charge is 0.458 e. The van der Waals surface area contributed by atoms with E-state index in [2.05, 4.69) is 15.9 Å². The van der Waals surface area contributed by atoms with Gasteiger partial charge < -0.3 is 10.2 Å². The lowest BCUT2D eigenvalue weighted by atomic mass is 10.2. The van der Waals surface area contributed by atoms with Gasteiger partial charge >= 0.3 is 0 Å². The molecule has 0 fully saturated rings. The highest BCUT2D eigenvalue weighted by atomic mass is 79.9. The van der Waals surface area contributed by atoms with E-state index in [1.807, 2.05) is 0 Å². The first-order chi connectivity index (χ1) is 6.59. The summed E-state index contributed by atoms with van der Waals surface area (Å²) in [7, 11) is 0. The second kappa shape index (κ2) is 3.37. The molecule has 2 N–H and O–H groups in total. The lowest BCUT2D eigenvalue weighted by Gasteiger charge is -1.97. The van der Waals surface area contributed by atoms with E-state index >= 15 is 0 Å². The Bertz CT molecular complexity index is 439. The van der Waals surface area contributed by atoms with Crippen LogP contribution in [0.3, 0.4) is 0 Å². The average Bonchev–Trinajstić information content (AvgIpc) is 2.57. The van der Waals surface area contributed by atoms with E-state index in [1.165, 1.54) is 6.07 Å². The van der Waals surface area contributed by atoms with Gasteiger partial charge in [-0.15, -0.1) is 0 Å². The van der Waals surface area contributed by atoms with Gasteiger partial charge in [-0.2, -0.15) is 0 Å². The van der Waals surface area contributed by atoms with Crippen LogP contribution >= 0.6 is 15.9 Å². The molecule has 0 saturated heterocycles. The summed E-state index contributed by atoms with van der Waals surface area (Å²) in [4.78, 5) is 0. The third-order valence-corrected chi connectivity index (χ3v) is 2.67. The van der Waals surface area contributed by atoms with Crippen LogP contribution in [0.4, 0.5) is 4.39 Å². The van der Waals surface area contributed by atoms with Gasteiger partial charge in [0.1, 0.15) is 11.6 Å². The molecule has 0 saturated carbocycles. The summed E-state index contributed by atoms with van der Waals surface area (Å²) in [5.74, 6) is 0.296. The number of furan rings is 1. The molecule has 4 heteroatoms. The van der Waals surface area contributed by atoms with Crippen LogP contribution < -0.4 is 5.73 Å². The quantitative estimate of drug-likeness (QED) is 0.851. The van der Waals surface area contributed by atoms with E-state index in [0.717, 1.165) is 4.47 Å². The van der Waals surface area contributed by atoms with Crippen molar-refractivity contribution in [1.82, 2.24) is 0 Å². The molecular weight excluding hydrogens is 249 g/mol. The molecule has 74 valence electrons. The molecular formula is C10H9BrFNO. The smallest absolute Gasteiger partial charge is 0.151 e. The van der Waals surface area contributed by atoms with Gasteiger partial charge in [0.15, 0.2) is 5.58 Å². The van der Waals surface area contributed by atoms with Crippen molar-refractivity contribution < 1.29 is 8.81 Å². The average molecular weight is 258 g/mol. The van der Waals surface area contributed by atoms with Crippen LogP contribution in [0, 0.1) is 5.82 Å². The highest BCUT2D eigenvalue weighted by molar-refractivity contribution is 9.10. The van der Waals surface area contributed by atoms with E-state index in [4.69, 9.17) is 10.2 Å². The molecule has 0 bridgehead atoms. The SMILES string of the molecule is CC(N)c1cc2c(F)ccc(Br)c2o1. The fraction of sp³-hybridized carbons (Fsp3) is 0.200. The van der Waals surface area contributed by atoms with E-state index < -0.39 is 0 Å². The van der Waals surface area contributed by atoms with Crippen molar-refractivity contribution in [1.29, 1.82) is 0 Å². The van der Waals surface area contributed by atoms with E-state index in [-0.39, 0.29) is 11.9 Å². The Balaban J connectivity index is 2.75. The van der Waals surface area contributed by atoms with E-state index in [0.29, 0.717) is 16.7 Å². The van der Waals surface area contributed by atoms with E-state index in [9.17, 15) is 4.39 Å². The van der Waals surface area contributed by atoms with Crippen molar-refractivity contribution in [3.05, 3.63) is 34.2 Å². The standard InChI is InChI=1S/C10H9BrFNO/c1-5(13)9-4-6-8(12)3-2-7(11)10(6)14-9/h2-5H,13H2,1H3. The first-order valence-electron chi connectivity index (χ1n) is 4.22. The zero-order chi connectivity index (χ0) is 10.3. The Morgan fingerprint density at radius 3 is 2.79 bits per heavy atom. The minimum atomic E-state index is -0.293. The normalized spacial score (nSPS) is 13.4. The highest BCUT2D eigenvalue weighted by Gasteiger charge is 2.12. The van der Waals surface area contributed by atoms with Crippen LogP contribution in [0.15, 0.2) is 27.1 Å². The molecule has 0 aliphatic carbocycles. The molecule has 1 heterocycles. The van der Waals surface area contributed by atoms with E-state index in [1.54, 1.807) is 19.1 Å². The molecule has 1 aromatic carbocycles. The first-order valence-corrected chi connectivity index (χ1v) is 5.02. The third kappa shape index (κ3) is 1.44. The van der Waals surface area contributed by atoms with Crippen LogP contribution in [0.25, 0.3) is 11.0 Å². The van der Waals surface area contributed by atoms with Crippen molar-refractivity contribution in [2.45, 2.75) is 13.0 Å². The molecule has 0 spiro atoms. The monoisotopic (exact) mass is 257 g/mol. The number of hydrogen-bond donors (Lipinski definition) is 1. The Morgan fingerprint density at radius 1 is 1.50 bits per heavy atom. The van der Waals surface area contributed by atoms with Crippen LogP contribution in [0.1, 0.15) is 18.7 Å². The van der Waals surface area contributed by atoms with Crippen LogP contribution in [-0.2, 0) is 0 Å². The third-order valence-electron chi connectivity index (χ3n) is 2.05. The minimum Gasteiger partial charge on any atom is -0.458 e. The molecule has 1 unspecified atom stereocenters. The minimum absolute atomic E-state index is 0.228.